The van der Waals surface area contributed by atoms with Crippen LogP contribution < -0.4 is 11.1 Å². The minimum Gasteiger partial charge on any atom is -0.352 e. The van der Waals surface area contributed by atoms with Gasteiger partial charge in [-0.2, -0.15) is 0 Å². The normalized spacial score (nSPS) is 15.4. The minimum atomic E-state index is -0.419. The minimum absolute atomic E-state index is 0. The molecule has 4 heteroatoms. The number of halogens is 1. The van der Waals surface area contributed by atoms with Crippen LogP contribution in [0.3, 0.4) is 0 Å². The fourth-order valence-corrected chi connectivity index (χ4v) is 2.68. The average molecular weight is 327 g/mol. The summed E-state index contributed by atoms with van der Waals surface area (Å²) in [6.45, 7) is 10.5. The lowest BCUT2D eigenvalue weighted by molar-refractivity contribution is -0.124. The maximum atomic E-state index is 12.1. The fourth-order valence-electron chi connectivity index (χ4n) is 2.68. The fraction of sp³-hybridized carbons (Fsp3) is 0.611. The summed E-state index contributed by atoms with van der Waals surface area (Å²) in [4.78, 5) is 12.1. The summed E-state index contributed by atoms with van der Waals surface area (Å²) in [5, 5.41) is 3.06. The highest BCUT2D eigenvalue weighted by Gasteiger charge is 2.26. The summed E-state index contributed by atoms with van der Waals surface area (Å²) >= 11 is 0. The zero-order valence-corrected chi connectivity index (χ0v) is 15.2. The molecular weight excluding hydrogens is 296 g/mol. The largest absolute Gasteiger partial charge is 0.352 e. The van der Waals surface area contributed by atoms with E-state index in [2.05, 4.69) is 50.4 Å². The van der Waals surface area contributed by atoms with Crippen molar-refractivity contribution in [2.24, 2.45) is 11.7 Å². The van der Waals surface area contributed by atoms with Crippen molar-refractivity contribution in [3.63, 3.8) is 0 Å². The maximum Gasteiger partial charge on any atom is 0.237 e. The predicted molar refractivity (Wildman–Crippen MR) is 96.4 cm³/mol. The molecule has 3 atom stereocenters. The Balaban J connectivity index is 0.00000441. The number of amides is 1. The second kappa shape index (κ2) is 9.16. The molecule has 0 aromatic heterocycles. The lowest BCUT2D eigenvalue weighted by Gasteiger charge is -2.30. The Kier molecular flexibility index (Phi) is 8.72. The molecule has 22 heavy (non-hydrogen) atoms. The Morgan fingerprint density at radius 3 is 2.27 bits per heavy atom. The molecule has 1 aromatic rings. The van der Waals surface area contributed by atoms with Crippen LogP contribution in [0.5, 0.6) is 0 Å². The Labute approximate surface area is 141 Å². The SMILES string of the molecule is CCC(C)C(N)C(=O)NC(C)CC(C)(C)c1ccccc1.Cl. The highest BCUT2D eigenvalue weighted by Crippen LogP contribution is 2.28. The lowest BCUT2D eigenvalue weighted by atomic mass is 9.79. The predicted octanol–water partition coefficient (Wildman–Crippen LogP) is 3.65. The quantitative estimate of drug-likeness (QED) is 0.803. The van der Waals surface area contributed by atoms with Crippen molar-refractivity contribution in [1.82, 2.24) is 5.32 Å². The molecule has 0 heterocycles. The molecule has 126 valence electrons. The molecule has 0 saturated heterocycles. The van der Waals surface area contributed by atoms with Crippen molar-refractivity contribution < 1.29 is 4.79 Å². The van der Waals surface area contributed by atoms with E-state index < -0.39 is 6.04 Å². The van der Waals surface area contributed by atoms with Gasteiger partial charge in [0, 0.05) is 6.04 Å². The van der Waals surface area contributed by atoms with E-state index in [9.17, 15) is 4.79 Å². The molecule has 0 spiro atoms. The molecule has 3 N–H and O–H groups in total. The molecule has 0 saturated carbocycles. The maximum absolute atomic E-state index is 12.1. The summed E-state index contributed by atoms with van der Waals surface area (Å²) < 4.78 is 0. The van der Waals surface area contributed by atoms with Crippen LogP contribution >= 0.6 is 12.4 Å². The first-order valence-corrected chi connectivity index (χ1v) is 7.89. The molecule has 3 unspecified atom stereocenters. The molecule has 0 aliphatic rings. The van der Waals surface area contributed by atoms with Crippen LogP contribution in [-0.2, 0) is 10.2 Å². The zero-order valence-electron chi connectivity index (χ0n) is 14.4. The Bertz CT molecular complexity index is 448. The number of carbonyl (C=O) groups is 1. The average Bonchev–Trinajstić information content (AvgIpc) is 2.45. The van der Waals surface area contributed by atoms with Gasteiger partial charge in [0.25, 0.3) is 0 Å². The van der Waals surface area contributed by atoms with E-state index in [4.69, 9.17) is 5.73 Å². The van der Waals surface area contributed by atoms with Gasteiger partial charge in [0.1, 0.15) is 0 Å². The van der Waals surface area contributed by atoms with Crippen LogP contribution in [-0.4, -0.2) is 18.0 Å². The standard InChI is InChI=1S/C18H30N2O.ClH/c1-6-13(2)16(19)17(21)20-14(3)12-18(4,5)15-10-8-7-9-11-15;/h7-11,13-14,16H,6,12,19H2,1-5H3,(H,20,21);1H. The van der Waals surface area contributed by atoms with E-state index in [1.54, 1.807) is 0 Å². The number of benzene rings is 1. The van der Waals surface area contributed by atoms with Gasteiger partial charge in [-0.05, 0) is 30.2 Å². The van der Waals surface area contributed by atoms with Crippen LogP contribution in [0.15, 0.2) is 30.3 Å². The van der Waals surface area contributed by atoms with Crippen molar-refractivity contribution in [2.45, 2.75) is 65.0 Å². The van der Waals surface area contributed by atoms with Crippen LogP contribution in [0.2, 0.25) is 0 Å². The van der Waals surface area contributed by atoms with Gasteiger partial charge in [-0.3, -0.25) is 4.79 Å². The summed E-state index contributed by atoms with van der Waals surface area (Å²) in [6, 6.07) is 10.1. The molecule has 0 bridgehead atoms. The summed E-state index contributed by atoms with van der Waals surface area (Å²) in [7, 11) is 0. The number of rotatable bonds is 7. The van der Waals surface area contributed by atoms with Gasteiger partial charge in [0.15, 0.2) is 0 Å². The topological polar surface area (TPSA) is 55.1 Å². The number of nitrogens with one attached hydrogen (secondary N) is 1. The third-order valence-electron chi connectivity index (χ3n) is 4.32. The third-order valence-corrected chi connectivity index (χ3v) is 4.32. The van der Waals surface area contributed by atoms with Crippen LogP contribution in [0.25, 0.3) is 0 Å². The molecule has 1 amide bonds. The van der Waals surface area contributed by atoms with Gasteiger partial charge in [-0.1, -0.05) is 64.4 Å². The van der Waals surface area contributed by atoms with Gasteiger partial charge in [0.2, 0.25) is 5.91 Å². The Hall–Kier alpha value is -1.06. The van der Waals surface area contributed by atoms with Crippen molar-refractivity contribution >= 4 is 18.3 Å². The number of hydrogen-bond donors (Lipinski definition) is 2. The summed E-state index contributed by atoms with van der Waals surface area (Å²) in [5.41, 5.74) is 7.29. The first kappa shape index (κ1) is 20.9. The van der Waals surface area contributed by atoms with Crippen LogP contribution in [0.4, 0.5) is 0 Å². The number of hydrogen-bond acceptors (Lipinski definition) is 2. The van der Waals surface area contributed by atoms with Gasteiger partial charge >= 0.3 is 0 Å². The molecule has 3 nitrogen and oxygen atoms in total. The highest BCUT2D eigenvalue weighted by molar-refractivity contribution is 5.85. The van der Waals surface area contributed by atoms with E-state index in [-0.39, 0.29) is 35.7 Å². The monoisotopic (exact) mass is 326 g/mol. The number of carbonyl (C=O) groups excluding carboxylic acids is 1. The molecule has 0 aliphatic carbocycles. The van der Waals surface area contributed by atoms with Gasteiger partial charge in [-0.15, -0.1) is 12.4 Å². The molecule has 1 rings (SSSR count). The van der Waals surface area contributed by atoms with Crippen molar-refractivity contribution in [1.29, 1.82) is 0 Å². The van der Waals surface area contributed by atoms with E-state index >= 15 is 0 Å². The zero-order chi connectivity index (χ0) is 16.0. The van der Waals surface area contributed by atoms with Crippen molar-refractivity contribution in [2.75, 3.05) is 0 Å². The molecule has 0 radical (unpaired) electrons. The molecule has 0 aliphatic heterocycles. The van der Waals surface area contributed by atoms with Crippen molar-refractivity contribution in [3.05, 3.63) is 35.9 Å². The Morgan fingerprint density at radius 1 is 1.23 bits per heavy atom. The van der Waals surface area contributed by atoms with Crippen LogP contribution in [0, 0.1) is 5.92 Å². The van der Waals surface area contributed by atoms with Gasteiger partial charge in [-0.25, -0.2) is 0 Å². The van der Waals surface area contributed by atoms with Gasteiger partial charge in [0.05, 0.1) is 6.04 Å². The molecular formula is C18H31ClN2O. The summed E-state index contributed by atoms with van der Waals surface area (Å²) in [6.07, 6.45) is 1.80. The van der Waals surface area contributed by atoms with Crippen molar-refractivity contribution in [3.8, 4) is 0 Å². The van der Waals surface area contributed by atoms with E-state index in [1.807, 2.05) is 19.9 Å². The third kappa shape index (κ3) is 5.98. The van der Waals surface area contributed by atoms with Crippen LogP contribution in [0.1, 0.15) is 53.0 Å². The van der Waals surface area contributed by atoms with E-state index in [0.717, 1.165) is 12.8 Å². The van der Waals surface area contributed by atoms with Gasteiger partial charge < -0.3 is 11.1 Å². The van der Waals surface area contributed by atoms with E-state index in [0.29, 0.717) is 0 Å². The lowest BCUT2D eigenvalue weighted by Crippen LogP contribution is -2.48. The summed E-state index contributed by atoms with van der Waals surface area (Å²) in [5.74, 6) is 0.167. The Morgan fingerprint density at radius 2 is 1.77 bits per heavy atom. The molecule has 0 fully saturated rings. The first-order chi connectivity index (χ1) is 9.77. The first-order valence-electron chi connectivity index (χ1n) is 7.89. The highest BCUT2D eigenvalue weighted by atomic mass is 35.5. The smallest absolute Gasteiger partial charge is 0.237 e. The molecule has 1 aromatic carbocycles. The number of nitrogens with two attached hydrogens (primary N) is 1. The second-order valence-electron chi connectivity index (χ2n) is 6.77. The van der Waals surface area contributed by atoms with E-state index in [1.165, 1.54) is 5.56 Å². The second-order valence-corrected chi connectivity index (χ2v) is 6.77.